The van der Waals surface area contributed by atoms with E-state index in [1.807, 2.05) is 32.9 Å². The summed E-state index contributed by atoms with van der Waals surface area (Å²) in [6.45, 7) is 6.12. The van der Waals surface area contributed by atoms with Crippen molar-refractivity contribution in [3.8, 4) is 5.88 Å². The lowest BCUT2D eigenvalue weighted by Gasteiger charge is -2.15. The molecule has 1 atom stereocenters. The molecule has 0 aromatic carbocycles. The molecular formula is C13H20N2O3. The van der Waals surface area contributed by atoms with Crippen molar-refractivity contribution in [2.75, 3.05) is 0 Å². The van der Waals surface area contributed by atoms with E-state index in [2.05, 4.69) is 10.3 Å². The Labute approximate surface area is 107 Å². The molecule has 5 heteroatoms. The van der Waals surface area contributed by atoms with Gasteiger partial charge in [-0.2, -0.15) is 0 Å². The number of carboxylic acids is 1. The maximum Gasteiger partial charge on any atom is 0.320 e. The number of carbonyl (C=O) groups is 1. The molecule has 0 amide bonds. The molecular weight excluding hydrogens is 232 g/mol. The fourth-order valence-electron chi connectivity index (χ4n) is 1.53. The first-order valence-corrected chi connectivity index (χ1v) is 6.11. The van der Waals surface area contributed by atoms with Crippen LogP contribution in [0.5, 0.6) is 5.88 Å². The van der Waals surface area contributed by atoms with Crippen molar-refractivity contribution in [2.45, 2.75) is 45.9 Å². The predicted molar refractivity (Wildman–Crippen MR) is 68.6 cm³/mol. The van der Waals surface area contributed by atoms with Crippen LogP contribution in [0.2, 0.25) is 0 Å². The van der Waals surface area contributed by atoms with Crippen molar-refractivity contribution in [3.63, 3.8) is 0 Å². The summed E-state index contributed by atoms with van der Waals surface area (Å²) < 4.78 is 5.57. The second kappa shape index (κ2) is 6.96. The van der Waals surface area contributed by atoms with E-state index in [-0.39, 0.29) is 6.10 Å². The van der Waals surface area contributed by atoms with Gasteiger partial charge in [-0.05, 0) is 26.3 Å². The molecule has 1 aromatic heterocycles. The Kier molecular flexibility index (Phi) is 5.58. The van der Waals surface area contributed by atoms with Crippen LogP contribution >= 0.6 is 0 Å². The Morgan fingerprint density at radius 3 is 2.83 bits per heavy atom. The van der Waals surface area contributed by atoms with Crippen molar-refractivity contribution in [3.05, 3.63) is 23.9 Å². The molecule has 1 heterocycles. The lowest BCUT2D eigenvalue weighted by molar-refractivity contribution is -0.139. The maximum atomic E-state index is 10.9. The van der Waals surface area contributed by atoms with E-state index in [0.717, 1.165) is 5.56 Å². The van der Waals surface area contributed by atoms with Crippen LogP contribution in [-0.2, 0) is 11.3 Å². The molecule has 1 rings (SSSR count). The number of aromatic nitrogens is 1. The molecule has 100 valence electrons. The number of ether oxygens (including phenoxy) is 1. The number of aliphatic carboxylic acids is 1. The van der Waals surface area contributed by atoms with Gasteiger partial charge in [0.05, 0.1) is 6.10 Å². The normalized spacial score (nSPS) is 12.4. The molecule has 1 unspecified atom stereocenters. The molecule has 1 aromatic rings. The van der Waals surface area contributed by atoms with Crippen molar-refractivity contribution in [1.29, 1.82) is 0 Å². The number of nitrogens with one attached hydrogen (secondary N) is 1. The van der Waals surface area contributed by atoms with Gasteiger partial charge in [-0.25, -0.2) is 4.98 Å². The third kappa shape index (κ3) is 4.33. The average Bonchev–Trinajstić information content (AvgIpc) is 2.30. The third-order valence-corrected chi connectivity index (χ3v) is 2.44. The zero-order valence-electron chi connectivity index (χ0n) is 11.0. The number of carboxylic acid groups (broad SMARTS) is 1. The van der Waals surface area contributed by atoms with Crippen LogP contribution in [0, 0.1) is 0 Å². The molecule has 0 aliphatic heterocycles. The monoisotopic (exact) mass is 252 g/mol. The SMILES string of the molecule is CCC(NCc1cccnc1OC(C)C)C(=O)O. The van der Waals surface area contributed by atoms with Crippen LogP contribution in [0.15, 0.2) is 18.3 Å². The van der Waals surface area contributed by atoms with Crippen LogP contribution in [0.1, 0.15) is 32.8 Å². The molecule has 0 bridgehead atoms. The van der Waals surface area contributed by atoms with Gasteiger partial charge in [0.25, 0.3) is 0 Å². The van der Waals surface area contributed by atoms with Gasteiger partial charge in [0.15, 0.2) is 0 Å². The Balaban J connectivity index is 2.69. The smallest absolute Gasteiger partial charge is 0.320 e. The summed E-state index contributed by atoms with van der Waals surface area (Å²) in [7, 11) is 0. The molecule has 5 nitrogen and oxygen atoms in total. The van der Waals surface area contributed by atoms with Gasteiger partial charge >= 0.3 is 5.97 Å². The van der Waals surface area contributed by atoms with Crippen LogP contribution in [0.4, 0.5) is 0 Å². The van der Waals surface area contributed by atoms with E-state index in [4.69, 9.17) is 9.84 Å². The molecule has 0 saturated heterocycles. The maximum absolute atomic E-state index is 10.9. The van der Waals surface area contributed by atoms with Gasteiger partial charge < -0.3 is 15.2 Å². The molecule has 0 radical (unpaired) electrons. The fraction of sp³-hybridized carbons (Fsp3) is 0.538. The molecule has 0 spiro atoms. The number of rotatable bonds is 7. The minimum Gasteiger partial charge on any atom is -0.480 e. The summed E-state index contributed by atoms with van der Waals surface area (Å²) >= 11 is 0. The molecule has 18 heavy (non-hydrogen) atoms. The minimum absolute atomic E-state index is 0.0418. The van der Waals surface area contributed by atoms with Gasteiger partial charge in [0, 0.05) is 18.3 Å². The van der Waals surface area contributed by atoms with Gasteiger partial charge in [-0.3, -0.25) is 4.79 Å². The van der Waals surface area contributed by atoms with Crippen LogP contribution < -0.4 is 10.1 Å². The molecule has 0 aliphatic rings. The molecule has 0 fully saturated rings. The second-order valence-corrected chi connectivity index (χ2v) is 4.31. The van der Waals surface area contributed by atoms with Gasteiger partial charge in [0.2, 0.25) is 5.88 Å². The summed E-state index contributed by atoms with van der Waals surface area (Å²) in [5.41, 5.74) is 0.867. The largest absolute Gasteiger partial charge is 0.480 e. The molecule has 2 N–H and O–H groups in total. The van der Waals surface area contributed by atoms with Crippen molar-refractivity contribution in [2.24, 2.45) is 0 Å². The van der Waals surface area contributed by atoms with E-state index in [9.17, 15) is 4.79 Å². The highest BCUT2D eigenvalue weighted by molar-refractivity contribution is 5.73. The Bertz CT molecular complexity index is 394. The Hall–Kier alpha value is -1.62. The summed E-state index contributed by atoms with van der Waals surface area (Å²) in [4.78, 5) is 15.1. The summed E-state index contributed by atoms with van der Waals surface area (Å²) in [5.74, 6) is -0.284. The van der Waals surface area contributed by atoms with Crippen molar-refractivity contribution >= 4 is 5.97 Å². The Morgan fingerprint density at radius 2 is 2.28 bits per heavy atom. The van der Waals surface area contributed by atoms with Crippen LogP contribution in [-0.4, -0.2) is 28.2 Å². The van der Waals surface area contributed by atoms with Crippen molar-refractivity contribution < 1.29 is 14.6 Å². The first-order valence-electron chi connectivity index (χ1n) is 6.11. The average molecular weight is 252 g/mol. The number of pyridine rings is 1. The van der Waals surface area contributed by atoms with Crippen molar-refractivity contribution in [1.82, 2.24) is 10.3 Å². The first-order chi connectivity index (χ1) is 8.54. The summed E-state index contributed by atoms with van der Waals surface area (Å²) in [6, 6.07) is 3.15. The minimum atomic E-state index is -0.840. The summed E-state index contributed by atoms with van der Waals surface area (Å²) in [6.07, 6.45) is 2.24. The number of hydrogen-bond donors (Lipinski definition) is 2. The summed E-state index contributed by atoms with van der Waals surface area (Å²) in [5, 5.41) is 11.9. The first kappa shape index (κ1) is 14.4. The zero-order chi connectivity index (χ0) is 13.5. The predicted octanol–water partition coefficient (Wildman–Crippen LogP) is 1.82. The van der Waals surface area contributed by atoms with Crippen LogP contribution in [0.3, 0.4) is 0 Å². The third-order valence-electron chi connectivity index (χ3n) is 2.44. The Morgan fingerprint density at radius 1 is 1.56 bits per heavy atom. The second-order valence-electron chi connectivity index (χ2n) is 4.31. The van der Waals surface area contributed by atoms with E-state index in [0.29, 0.717) is 18.8 Å². The standard InChI is InChI=1S/C13H20N2O3/c1-4-11(13(16)17)15-8-10-6-5-7-14-12(10)18-9(2)3/h5-7,9,11,15H,4,8H2,1-3H3,(H,16,17). The molecule has 0 aliphatic carbocycles. The number of hydrogen-bond acceptors (Lipinski definition) is 4. The zero-order valence-corrected chi connectivity index (χ0v) is 11.0. The molecule has 0 saturated carbocycles. The lowest BCUT2D eigenvalue weighted by Crippen LogP contribution is -2.35. The van der Waals surface area contributed by atoms with E-state index >= 15 is 0 Å². The number of nitrogens with zero attached hydrogens (tertiary/aromatic N) is 1. The van der Waals surface area contributed by atoms with E-state index in [1.165, 1.54) is 0 Å². The lowest BCUT2D eigenvalue weighted by atomic mass is 10.2. The quantitative estimate of drug-likeness (QED) is 0.774. The van der Waals surface area contributed by atoms with Gasteiger partial charge in [0.1, 0.15) is 6.04 Å². The highest BCUT2D eigenvalue weighted by Gasteiger charge is 2.15. The fourth-order valence-corrected chi connectivity index (χ4v) is 1.53. The highest BCUT2D eigenvalue weighted by Crippen LogP contribution is 2.15. The van der Waals surface area contributed by atoms with Gasteiger partial charge in [-0.15, -0.1) is 0 Å². The van der Waals surface area contributed by atoms with E-state index < -0.39 is 12.0 Å². The topological polar surface area (TPSA) is 71.5 Å². The van der Waals surface area contributed by atoms with Gasteiger partial charge in [-0.1, -0.05) is 13.0 Å². The van der Waals surface area contributed by atoms with Crippen LogP contribution in [0.25, 0.3) is 0 Å². The van der Waals surface area contributed by atoms with E-state index in [1.54, 1.807) is 6.20 Å². The highest BCUT2D eigenvalue weighted by atomic mass is 16.5.